The van der Waals surface area contributed by atoms with E-state index in [9.17, 15) is 4.79 Å². The van der Waals surface area contributed by atoms with Crippen LogP contribution in [0.4, 0.5) is 0 Å². The Labute approximate surface area is 152 Å². The van der Waals surface area contributed by atoms with E-state index in [2.05, 4.69) is 6.08 Å². The molecule has 0 atom stereocenters. The molecule has 0 aliphatic carbocycles. The molecule has 4 heteroatoms. The highest BCUT2D eigenvalue weighted by atomic mass is 16.5. The summed E-state index contributed by atoms with van der Waals surface area (Å²) >= 11 is 0. The summed E-state index contributed by atoms with van der Waals surface area (Å²) in [6.07, 6.45) is 4.26. The minimum Gasteiger partial charge on any atom is -0.497 e. The molecule has 0 saturated heterocycles. The van der Waals surface area contributed by atoms with Crippen molar-refractivity contribution in [2.24, 2.45) is 0 Å². The average molecular weight is 350 g/mol. The molecule has 1 aromatic heterocycles. The Hall–Kier alpha value is -3.01. The van der Waals surface area contributed by atoms with Crippen LogP contribution in [0.1, 0.15) is 19.4 Å². The smallest absolute Gasteiger partial charge is 0.200 e. The second-order valence-corrected chi connectivity index (χ2v) is 6.32. The quantitative estimate of drug-likeness (QED) is 0.609. The van der Waals surface area contributed by atoms with Crippen molar-refractivity contribution in [2.45, 2.75) is 20.3 Å². The van der Waals surface area contributed by atoms with E-state index in [4.69, 9.17) is 13.9 Å². The Balaban J connectivity index is 2.17. The molecule has 0 saturated carbocycles. The number of methoxy groups -OCH3 is 2. The summed E-state index contributed by atoms with van der Waals surface area (Å²) in [6, 6.07) is 10.9. The van der Waals surface area contributed by atoms with E-state index < -0.39 is 0 Å². The molecule has 0 radical (unpaired) electrons. The molecular formula is C22H22O4. The SMILES string of the molecule is COc1ccc(-c2coc3c(CC=C(C)C)c(OC)ccc3c2=O)cc1. The van der Waals surface area contributed by atoms with Crippen LogP contribution in [0.5, 0.6) is 11.5 Å². The first-order valence-corrected chi connectivity index (χ1v) is 8.44. The number of fused-ring (bicyclic) bond motifs is 1. The highest BCUT2D eigenvalue weighted by Gasteiger charge is 2.15. The molecular weight excluding hydrogens is 328 g/mol. The van der Waals surface area contributed by atoms with E-state index >= 15 is 0 Å². The van der Waals surface area contributed by atoms with Crippen molar-refractivity contribution in [3.05, 3.63) is 70.1 Å². The van der Waals surface area contributed by atoms with Gasteiger partial charge in [0.2, 0.25) is 5.43 Å². The van der Waals surface area contributed by atoms with Crippen molar-refractivity contribution < 1.29 is 13.9 Å². The van der Waals surface area contributed by atoms with E-state index in [0.717, 1.165) is 22.6 Å². The maximum Gasteiger partial charge on any atom is 0.200 e. The lowest BCUT2D eigenvalue weighted by Crippen LogP contribution is -2.06. The molecule has 0 aliphatic rings. The first-order chi connectivity index (χ1) is 12.5. The summed E-state index contributed by atoms with van der Waals surface area (Å²) in [5.41, 5.74) is 3.91. The lowest BCUT2D eigenvalue weighted by atomic mass is 10.0. The fourth-order valence-electron chi connectivity index (χ4n) is 2.90. The zero-order chi connectivity index (χ0) is 18.7. The van der Waals surface area contributed by atoms with Crippen molar-refractivity contribution in [3.8, 4) is 22.6 Å². The topological polar surface area (TPSA) is 48.7 Å². The third-order valence-electron chi connectivity index (χ3n) is 4.34. The van der Waals surface area contributed by atoms with Crippen molar-refractivity contribution in [3.63, 3.8) is 0 Å². The Kier molecular flexibility index (Phi) is 5.12. The van der Waals surface area contributed by atoms with E-state index in [-0.39, 0.29) is 5.43 Å². The Morgan fingerprint density at radius 1 is 1.04 bits per heavy atom. The molecule has 0 amide bonds. The summed E-state index contributed by atoms with van der Waals surface area (Å²) in [6.45, 7) is 4.07. The Morgan fingerprint density at radius 3 is 2.38 bits per heavy atom. The summed E-state index contributed by atoms with van der Waals surface area (Å²) in [7, 11) is 3.23. The number of hydrogen-bond acceptors (Lipinski definition) is 4. The predicted octanol–water partition coefficient (Wildman–Crippen LogP) is 4.99. The number of ether oxygens (including phenoxy) is 2. The van der Waals surface area contributed by atoms with Crippen LogP contribution in [0, 0.1) is 0 Å². The lowest BCUT2D eigenvalue weighted by molar-refractivity contribution is 0.410. The fourth-order valence-corrected chi connectivity index (χ4v) is 2.90. The van der Waals surface area contributed by atoms with Gasteiger partial charge in [-0.2, -0.15) is 0 Å². The predicted molar refractivity (Wildman–Crippen MR) is 104 cm³/mol. The second kappa shape index (κ2) is 7.48. The third kappa shape index (κ3) is 3.36. The van der Waals surface area contributed by atoms with Gasteiger partial charge in [0.05, 0.1) is 25.2 Å². The van der Waals surface area contributed by atoms with Crippen molar-refractivity contribution in [1.82, 2.24) is 0 Å². The molecule has 0 bridgehead atoms. The molecule has 0 fully saturated rings. The average Bonchev–Trinajstić information content (AvgIpc) is 2.66. The normalized spacial score (nSPS) is 10.6. The van der Waals surface area contributed by atoms with Gasteiger partial charge in [0.25, 0.3) is 0 Å². The van der Waals surface area contributed by atoms with E-state index in [1.165, 1.54) is 11.8 Å². The first-order valence-electron chi connectivity index (χ1n) is 8.44. The summed E-state index contributed by atoms with van der Waals surface area (Å²) < 4.78 is 16.5. The minimum absolute atomic E-state index is 0.0579. The highest BCUT2D eigenvalue weighted by molar-refractivity contribution is 5.86. The summed E-state index contributed by atoms with van der Waals surface area (Å²) in [5.74, 6) is 1.46. The molecule has 26 heavy (non-hydrogen) atoms. The minimum atomic E-state index is -0.0579. The van der Waals surface area contributed by atoms with Gasteiger partial charge in [-0.25, -0.2) is 0 Å². The van der Waals surface area contributed by atoms with Crippen molar-refractivity contribution in [1.29, 1.82) is 0 Å². The monoisotopic (exact) mass is 350 g/mol. The molecule has 0 spiro atoms. The molecule has 0 unspecified atom stereocenters. The first kappa shape index (κ1) is 17.8. The second-order valence-electron chi connectivity index (χ2n) is 6.32. The number of hydrogen-bond donors (Lipinski definition) is 0. The van der Waals surface area contributed by atoms with E-state index in [1.54, 1.807) is 20.3 Å². The van der Waals surface area contributed by atoms with Gasteiger partial charge in [-0.05, 0) is 50.1 Å². The molecule has 3 aromatic rings. The van der Waals surface area contributed by atoms with E-state index in [0.29, 0.717) is 23.0 Å². The van der Waals surface area contributed by atoms with Crippen LogP contribution in [0.2, 0.25) is 0 Å². The Morgan fingerprint density at radius 2 is 1.77 bits per heavy atom. The third-order valence-corrected chi connectivity index (χ3v) is 4.34. The highest BCUT2D eigenvalue weighted by Crippen LogP contribution is 2.30. The summed E-state index contributed by atoms with van der Waals surface area (Å²) in [4.78, 5) is 13.0. The molecule has 3 rings (SSSR count). The molecule has 0 N–H and O–H groups in total. The van der Waals surface area contributed by atoms with Gasteiger partial charge in [-0.3, -0.25) is 4.79 Å². The maximum absolute atomic E-state index is 13.0. The zero-order valence-corrected chi connectivity index (χ0v) is 15.5. The Bertz CT molecular complexity index is 1010. The molecule has 2 aromatic carbocycles. The van der Waals surface area contributed by atoms with Crippen molar-refractivity contribution in [2.75, 3.05) is 14.2 Å². The fraction of sp³-hybridized carbons (Fsp3) is 0.227. The van der Waals surface area contributed by atoms with E-state index in [1.807, 2.05) is 44.2 Å². The van der Waals surface area contributed by atoms with Gasteiger partial charge in [0, 0.05) is 5.56 Å². The largest absolute Gasteiger partial charge is 0.497 e. The summed E-state index contributed by atoms with van der Waals surface area (Å²) in [5, 5.41) is 0.552. The standard InChI is InChI=1S/C22H22O4/c1-14(2)5-10-17-20(25-4)12-11-18-21(23)19(13-26-22(17)18)15-6-8-16(24-3)9-7-15/h5-9,11-13H,10H2,1-4H3. The number of benzene rings is 2. The van der Waals surface area contributed by atoms with Crippen LogP contribution in [0.3, 0.4) is 0 Å². The maximum atomic E-state index is 13.0. The van der Waals surface area contributed by atoms with Crippen LogP contribution in [0.25, 0.3) is 22.1 Å². The van der Waals surface area contributed by atoms with Gasteiger partial charge in [-0.1, -0.05) is 23.8 Å². The molecule has 1 heterocycles. The van der Waals surface area contributed by atoms with Gasteiger partial charge in [-0.15, -0.1) is 0 Å². The molecule has 0 aliphatic heterocycles. The lowest BCUT2D eigenvalue weighted by Gasteiger charge is -2.11. The van der Waals surface area contributed by atoms with Gasteiger partial charge in [0.1, 0.15) is 23.3 Å². The van der Waals surface area contributed by atoms with Crippen LogP contribution in [-0.4, -0.2) is 14.2 Å². The van der Waals surface area contributed by atoms with Crippen LogP contribution in [-0.2, 0) is 6.42 Å². The van der Waals surface area contributed by atoms with Gasteiger partial charge in [0.15, 0.2) is 0 Å². The zero-order valence-electron chi connectivity index (χ0n) is 15.5. The molecule has 134 valence electrons. The van der Waals surface area contributed by atoms with Crippen LogP contribution >= 0.6 is 0 Å². The molecule has 4 nitrogen and oxygen atoms in total. The van der Waals surface area contributed by atoms with Gasteiger partial charge >= 0.3 is 0 Å². The van der Waals surface area contributed by atoms with Crippen molar-refractivity contribution >= 4 is 11.0 Å². The number of allylic oxidation sites excluding steroid dienone is 2. The number of rotatable bonds is 5. The van der Waals surface area contributed by atoms with Crippen LogP contribution < -0.4 is 14.9 Å². The van der Waals surface area contributed by atoms with Gasteiger partial charge < -0.3 is 13.9 Å². The van der Waals surface area contributed by atoms with Crippen LogP contribution in [0.15, 0.2) is 63.5 Å².